The molecule has 0 saturated heterocycles. The zero-order valence-electron chi connectivity index (χ0n) is 11.7. The molecule has 2 aromatic rings. The van der Waals surface area contributed by atoms with Crippen LogP contribution in [0.15, 0.2) is 40.0 Å². The van der Waals surface area contributed by atoms with E-state index in [1.165, 1.54) is 18.2 Å². The Morgan fingerprint density at radius 3 is 2.62 bits per heavy atom. The lowest BCUT2D eigenvalue weighted by atomic mass is 10.2. The van der Waals surface area contributed by atoms with Crippen molar-refractivity contribution >= 4 is 33.3 Å². The molecule has 1 unspecified atom stereocenters. The minimum absolute atomic E-state index is 0. The van der Waals surface area contributed by atoms with Gasteiger partial charge in [-0.2, -0.15) is 0 Å². The standard InChI is InChI=1S/C13H17N3O3S.ClH/c1-9(14-2)8-15-20(18,19)11-4-5-12-10(7-11)3-6-13(17)16-12;/h3-7,9,14-15H,8H2,1-2H3,(H,16,17);1H. The van der Waals surface area contributed by atoms with E-state index in [1.54, 1.807) is 19.2 Å². The van der Waals surface area contributed by atoms with Crippen LogP contribution in [0, 0.1) is 0 Å². The van der Waals surface area contributed by atoms with E-state index in [-0.39, 0.29) is 28.9 Å². The molecule has 0 fully saturated rings. The van der Waals surface area contributed by atoms with E-state index in [9.17, 15) is 13.2 Å². The molecule has 0 radical (unpaired) electrons. The molecule has 1 aromatic carbocycles. The molecule has 8 heteroatoms. The molecule has 3 N–H and O–H groups in total. The summed E-state index contributed by atoms with van der Waals surface area (Å²) in [5.74, 6) is 0. The molecular formula is C13H18ClN3O3S. The number of H-pyrrole nitrogens is 1. The van der Waals surface area contributed by atoms with Crippen molar-refractivity contribution in [3.05, 3.63) is 40.7 Å². The van der Waals surface area contributed by atoms with Gasteiger partial charge in [0, 0.05) is 24.2 Å². The molecule has 1 aromatic heterocycles. The fraction of sp³-hybridized carbons (Fsp3) is 0.308. The van der Waals surface area contributed by atoms with Crippen molar-refractivity contribution in [3.63, 3.8) is 0 Å². The molecule has 116 valence electrons. The molecule has 0 saturated carbocycles. The van der Waals surface area contributed by atoms with Crippen LogP contribution in [0.3, 0.4) is 0 Å². The van der Waals surface area contributed by atoms with Gasteiger partial charge in [-0.1, -0.05) is 0 Å². The first-order valence-electron chi connectivity index (χ1n) is 6.22. The van der Waals surface area contributed by atoms with Gasteiger partial charge in [-0.3, -0.25) is 4.79 Å². The van der Waals surface area contributed by atoms with Crippen molar-refractivity contribution in [1.82, 2.24) is 15.0 Å². The molecule has 2 rings (SSSR count). The third kappa shape index (κ3) is 4.28. The predicted octanol–water partition coefficient (Wildman–Crippen LogP) is 0.836. The molecular weight excluding hydrogens is 314 g/mol. The van der Waals surface area contributed by atoms with Crippen LogP contribution in [0.4, 0.5) is 0 Å². The van der Waals surface area contributed by atoms with Crippen LogP contribution in [0.25, 0.3) is 10.9 Å². The van der Waals surface area contributed by atoms with Crippen LogP contribution in [0.1, 0.15) is 6.92 Å². The average molecular weight is 332 g/mol. The second-order valence-corrected chi connectivity index (χ2v) is 6.38. The molecule has 21 heavy (non-hydrogen) atoms. The van der Waals surface area contributed by atoms with Gasteiger partial charge in [0.15, 0.2) is 0 Å². The third-order valence-electron chi connectivity index (χ3n) is 3.08. The first-order chi connectivity index (χ1) is 9.42. The highest BCUT2D eigenvalue weighted by molar-refractivity contribution is 7.89. The number of aromatic amines is 1. The highest BCUT2D eigenvalue weighted by Crippen LogP contribution is 2.16. The number of aromatic nitrogens is 1. The van der Waals surface area contributed by atoms with E-state index in [2.05, 4.69) is 15.0 Å². The lowest BCUT2D eigenvalue weighted by Crippen LogP contribution is -2.37. The van der Waals surface area contributed by atoms with Crippen LogP contribution in [-0.4, -0.2) is 33.0 Å². The monoisotopic (exact) mass is 331 g/mol. The summed E-state index contributed by atoms with van der Waals surface area (Å²) >= 11 is 0. The Kier molecular flexibility index (Phi) is 5.91. The van der Waals surface area contributed by atoms with Crippen molar-refractivity contribution in [2.45, 2.75) is 17.9 Å². The highest BCUT2D eigenvalue weighted by Gasteiger charge is 2.15. The number of hydrogen-bond donors (Lipinski definition) is 3. The summed E-state index contributed by atoms with van der Waals surface area (Å²) in [6.45, 7) is 2.19. The quantitative estimate of drug-likeness (QED) is 0.757. The summed E-state index contributed by atoms with van der Waals surface area (Å²) in [4.78, 5) is 14.0. The fourth-order valence-corrected chi connectivity index (χ4v) is 2.89. The molecule has 0 aliphatic heterocycles. The van der Waals surface area contributed by atoms with Gasteiger partial charge >= 0.3 is 0 Å². The van der Waals surface area contributed by atoms with Gasteiger partial charge < -0.3 is 10.3 Å². The van der Waals surface area contributed by atoms with E-state index >= 15 is 0 Å². The van der Waals surface area contributed by atoms with Crippen molar-refractivity contribution in [1.29, 1.82) is 0 Å². The van der Waals surface area contributed by atoms with Crippen molar-refractivity contribution in [2.24, 2.45) is 0 Å². The number of halogens is 1. The summed E-state index contributed by atoms with van der Waals surface area (Å²) in [6, 6.07) is 7.62. The second-order valence-electron chi connectivity index (χ2n) is 4.61. The predicted molar refractivity (Wildman–Crippen MR) is 85.5 cm³/mol. The van der Waals surface area contributed by atoms with Gasteiger partial charge in [0.25, 0.3) is 0 Å². The van der Waals surface area contributed by atoms with Crippen LogP contribution in [-0.2, 0) is 10.0 Å². The largest absolute Gasteiger partial charge is 0.322 e. The fourth-order valence-electron chi connectivity index (χ4n) is 1.72. The highest BCUT2D eigenvalue weighted by atomic mass is 35.5. The minimum Gasteiger partial charge on any atom is -0.322 e. The van der Waals surface area contributed by atoms with Crippen molar-refractivity contribution in [3.8, 4) is 0 Å². The molecule has 6 nitrogen and oxygen atoms in total. The normalized spacial score (nSPS) is 12.9. The maximum Gasteiger partial charge on any atom is 0.248 e. The maximum atomic E-state index is 12.2. The first-order valence-corrected chi connectivity index (χ1v) is 7.71. The lowest BCUT2D eigenvalue weighted by Gasteiger charge is -2.12. The smallest absolute Gasteiger partial charge is 0.248 e. The Morgan fingerprint density at radius 1 is 1.24 bits per heavy atom. The Labute approximate surface area is 129 Å². The number of sulfonamides is 1. The number of pyridine rings is 1. The lowest BCUT2D eigenvalue weighted by molar-refractivity contribution is 0.554. The van der Waals surface area contributed by atoms with Gasteiger partial charge in [0.1, 0.15) is 0 Å². The Balaban J connectivity index is 0.00000220. The molecule has 1 heterocycles. The zero-order valence-corrected chi connectivity index (χ0v) is 13.3. The van der Waals surface area contributed by atoms with Gasteiger partial charge in [0.05, 0.1) is 4.90 Å². The van der Waals surface area contributed by atoms with Gasteiger partial charge in [-0.15, -0.1) is 12.4 Å². The summed E-state index contributed by atoms with van der Waals surface area (Å²) in [5, 5.41) is 3.63. The minimum atomic E-state index is -3.55. The molecule has 1 atom stereocenters. The number of hydrogen-bond acceptors (Lipinski definition) is 4. The summed E-state index contributed by atoms with van der Waals surface area (Å²) in [5.41, 5.74) is 0.397. The first kappa shape index (κ1) is 17.6. The Hall–Kier alpha value is -1.41. The van der Waals surface area contributed by atoms with E-state index in [1.807, 2.05) is 6.92 Å². The number of likely N-dealkylation sites (N-methyl/N-ethyl adjacent to an activating group) is 1. The van der Waals surface area contributed by atoms with Gasteiger partial charge in [0.2, 0.25) is 15.6 Å². The molecule has 0 amide bonds. The van der Waals surface area contributed by atoms with E-state index < -0.39 is 10.0 Å². The van der Waals surface area contributed by atoms with Gasteiger partial charge in [-0.05, 0) is 43.6 Å². The molecule has 0 aliphatic carbocycles. The van der Waals surface area contributed by atoms with Gasteiger partial charge in [-0.25, -0.2) is 13.1 Å². The van der Waals surface area contributed by atoms with E-state index in [4.69, 9.17) is 0 Å². The molecule has 0 bridgehead atoms. The second kappa shape index (κ2) is 7.04. The number of nitrogens with one attached hydrogen (secondary N) is 3. The van der Waals surface area contributed by atoms with E-state index in [0.717, 1.165) is 0 Å². The number of benzene rings is 1. The third-order valence-corrected chi connectivity index (χ3v) is 4.50. The maximum absolute atomic E-state index is 12.2. The Morgan fingerprint density at radius 2 is 1.95 bits per heavy atom. The van der Waals surface area contributed by atoms with Crippen molar-refractivity contribution in [2.75, 3.05) is 13.6 Å². The summed E-state index contributed by atoms with van der Waals surface area (Å²) < 4.78 is 26.8. The van der Waals surface area contributed by atoms with Crippen LogP contribution in [0.2, 0.25) is 0 Å². The zero-order chi connectivity index (χ0) is 14.8. The summed E-state index contributed by atoms with van der Waals surface area (Å²) in [7, 11) is -1.78. The SMILES string of the molecule is CNC(C)CNS(=O)(=O)c1ccc2[nH]c(=O)ccc2c1.Cl. The van der Waals surface area contributed by atoms with E-state index in [0.29, 0.717) is 17.4 Å². The average Bonchev–Trinajstić information content (AvgIpc) is 2.44. The molecule has 0 spiro atoms. The number of rotatable bonds is 5. The van der Waals surface area contributed by atoms with Crippen LogP contribution < -0.4 is 15.6 Å². The summed E-state index contributed by atoms with van der Waals surface area (Å²) in [6.07, 6.45) is 0. The Bertz CT molecular complexity index is 774. The topological polar surface area (TPSA) is 91.1 Å². The van der Waals surface area contributed by atoms with Crippen molar-refractivity contribution < 1.29 is 8.42 Å². The number of fused-ring (bicyclic) bond motifs is 1. The molecule has 0 aliphatic rings. The van der Waals surface area contributed by atoms with Crippen LogP contribution >= 0.6 is 12.4 Å². The van der Waals surface area contributed by atoms with Crippen LogP contribution in [0.5, 0.6) is 0 Å².